The van der Waals surface area contributed by atoms with Crippen molar-refractivity contribution in [1.82, 2.24) is 9.79 Å². The van der Waals surface area contributed by atoms with E-state index in [0.717, 1.165) is 4.88 Å². The van der Waals surface area contributed by atoms with Gasteiger partial charge in [-0.25, -0.2) is 13.9 Å². The predicted molar refractivity (Wildman–Crippen MR) is 75.7 cm³/mol. The SMILES string of the molecule is CONC(=O)[C@H]1CCCN(S(=O)(=O)c2ccc(C)s2)C1. The fraction of sp³-hybridized carbons (Fsp3) is 0.583. The lowest BCUT2D eigenvalue weighted by Crippen LogP contribution is -2.45. The Morgan fingerprint density at radius 2 is 2.25 bits per heavy atom. The van der Waals surface area contributed by atoms with Gasteiger partial charge in [-0.05, 0) is 31.9 Å². The van der Waals surface area contributed by atoms with Crippen LogP contribution < -0.4 is 5.48 Å². The molecule has 2 rings (SSSR count). The van der Waals surface area contributed by atoms with E-state index in [1.165, 1.54) is 22.8 Å². The van der Waals surface area contributed by atoms with E-state index in [-0.39, 0.29) is 18.4 Å². The van der Waals surface area contributed by atoms with Gasteiger partial charge in [-0.1, -0.05) is 0 Å². The molecule has 20 heavy (non-hydrogen) atoms. The maximum Gasteiger partial charge on any atom is 0.252 e. The summed E-state index contributed by atoms with van der Waals surface area (Å²) in [6.45, 7) is 2.53. The van der Waals surface area contributed by atoms with Crippen LogP contribution in [0.2, 0.25) is 0 Å². The number of carbonyl (C=O) groups excluding carboxylic acids is 1. The minimum absolute atomic E-state index is 0.203. The van der Waals surface area contributed by atoms with E-state index in [0.29, 0.717) is 23.6 Å². The molecule has 1 atom stereocenters. The van der Waals surface area contributed by atoms with Crippen molar-refractivity contribution >= 4 is 27.3 Å². The molecule has 1 N–H and O–H groups in total. The average Bonchev–Trinajstić information content (AvgIpc) is 2.86. The van der Waals surface area contributed by atoms with Crippen LogP contribution in [0.3, 0.4) is 0 Å². The Balaban J connectivity index is 2.14. The summed E-state index contributed by atoms with van der Waals surface area (Å²) in [5, 5.41) is 0. The lowest BCUT2D eigenvalue weighted by Gasteiger charge is -2.30. The van der Waals surface area contributed by atoms with Crippen molar-refractivity contribution in [3.05, 3.63) is 17.0 Å². The van der Waals surface area contributed by atoms with E-state index in [9.17, 15) is 13.2 Å². The van der Waals surface area contributed by atoms with E-state index in [1.807, 2.05) is 6.92 Å². The number of aryl methyl sites for hydroxylation is 1. The molecular weight excluding hydrogens is 300 g/mol. The second-order valence-corrected chi connectivity index (χ2v) is 8.19. The van der Waals surface area contributed by atoms with Crippen molar-refractivity contribution in [3.63, 3.8) is 0 Å². The first-order valence-electron chi connectivity index (χ1n) is 6.34. The molecule has 1 aliphatic heterocycles. The van der Waals surface area contributed by atoms with E-state index in [1.54, 1.807) is 12.1 Å². The molecule has 1 saturated heterocycles. The minimum Gasteiger partial charge on any atom is -0.277 e. The van der Waals surface area contributed by atoms with Crippen LogP contribution in [0.4, 0.5) is 0 Å². The molecule has 1 aliphatic rings. The van der Waals surface area contributed by atoms with Gasteiger partial charge < -0.3 is 0 Å². The summed E-state index contributed by atoms with van der Waals surface area (Å²) in [6.07, 6.45) is 1.34. The third-order valence-electron chi connectivity index (χ3n) is 3.27. The number of nitrogens with zero attached hydrogens (tertiary/aromatic N) is 1. The molecule has 1 aromatic rings. The summed E-state index contributed by atoms with van der Waals surface area (Å²) in [6, 6.07) is 3.41. The number of hydroxylamine groups is 1. The number of amides is 1. The van der Waals surface area contributed by atoms with E-state index >= 15 is 0 Å². The zero-order chi connectivity index (χ0) is 14.8. The van der Waals surface area contributed by atoms with E-state index < -0.39 is 10.0 Å². The minimum atomic E-state index is -3.49. The molecule has 1 fully saturated rings. The molecule has 0 aliphatic carbocycles. The monoisotopic (exact) mass is 318 g/mol. The molecule has 0 saturated carbocycles. The summed E-state index contributed by atoms with van der Waals surface area (Å²) in [5.74, 6) is -0.630. The Bertz CT molecular complexity index is 582. The number of thiophene rings is 1. The van der Waals surface area contributed by atoms with Crippen LogP contribution in [-0.2, 0) is 19.7 Å². The largest absolute Gasteiger partial charge is 0.277 e. The van der Waals surface area contributed by atoms with Crippen molar-refractivity contribution < 1.29 is 18.0 Å². The Labute approximate surface area is 122 Å². The van der Waals surface area contributed by atoms with Crippen LogP contribution >= 0.6 is 11.3 Å². The maximum atomic E-state index is 12.5. The Morgan fingerprint density at radius 3 is 2.85 bits per heavy atom. The van der Waals surface area contributed by atoms with Gasteiger partial charge >= 0.3 is 0 Å². The van der Waals surface area contributed by atoms with Gasteiger partial charge in [0.05, 0.1) is 13.0 Å². The number of carbonyl (C=O) groups is 1. The average molecular weight is 318 g/mol. The number of sulfonamides is 1. The Hall–Kier alpha value is -0.960. The van der Waals surface area contributed by atoms with Crippen molar-refractivity contribution in [2.24, 2.45) is 5.92 Å². The number of hydrogen-bond donors (Lipinski definition) is 1. The van der Waals surface area contributed by atoms with Crippen LogP contribution in [0.1, 0.15) is 17.7 Å². The molecular formula is C12H18N2O4S2. The van der Waals surface area contributed by atoms with Crippen LogP contribution in [0.5, 0.6) is 0 Å². The van der Waals surface area contributed by atoms with Crippen molar-refractivity contribution in [3.8, 4) is 0 Å². The third kappa shape index (κ3) is 3.20. The fourth-order valence-corrected chi connectivity index (χ4v) is 5.20. The standard InChI is InChI=1S/C12H18N2O4S2/c1-9-5-6-11(19-9)20(16,17)14-7-3-4-10(8-14)12(15)13-18-2/h5-6,10H,3-4,7-8H2,1-2H3,(H,13,15)/t10-/m0/s1. The highest BCUT2D eigenvalue weighted by Gasteiger charge is 2.33. The van der Waals surface area contributed by atoms with Gasteiger partial charge in [-0.2, -0.15) is 4.31 Å². The highest BCUT2D eigenvalue weighted by molar-refractivity contribution is 7.91. The van der Waals surface area contributed by atoms with Crippen molar-refractivity contribution in [1.29, 1.82) is 0 Å². The molecule has 1 amide bonds. The normalized spacial score (nSPS) is 20.8. The quantitative estimate of drug-likeness (QED) is 0.845. The third-order valence-corrected chi connectivity index (χ3v) is 6.60. The number of rotatable bonds is 4. The van der Waals surface area contributed by atoms with Gasteiger partial charge in [0.15, 0.2) is 0 Å². The van der Waals surface area contributed by atoms with Crippen molar-refractivity contribution in [2.45, 2.75) is 24.0 Å². The van der Waals surface area contributed by atoms with Gasteiger partial charge in [0.25, 0.3) is 10.0 Å². The summed E-state index contributed by atoms with van der Waals surface area (Å²) in [7, 11) is -2.13. The smallest absolute Gasteiger partial charge is 0.252 e. The first-order chi connectivity index (χ1) is 9.45. The highest BCUT2D eigenvalue weighted by atomic mass is 32.2. The second-order valence-electron chi connectivity index (χ2n) is 4.74. The van der Waals surface area contributed by atoms with Crippen LogP contribution in [0, 0.1) is 12.8 Å². The van der Waals surface area contributed by atoms with Gasteiger partial charge in [-0.15, -0.1) is 11.3 Å². The number of piperidine rings is 1. The predicted octanol–water partition coefficient (Wildman–Crippen LogP) is 1.13. The zero-order valence-corrected chi connectivity index (χ0v) is 13.1. The molecule has 0 unspecified atom stereocenters. The van der Waals surface area contributed by atoms with Gasteiger partial charge in [0.1, 0.15) is 4.21 Å². The maximum absolute atomic E-state index is 12.5. The summed E-state index contributed by atoms with van der Waals surface area (Å²) >= 11 is 1.25. The lowest BCUT2D eigenvalue weighted by atomic mass is 9.99. The summed E-state index contributed by atoms with van der Waals surface area (Å²) < 4.78 is 26.7. The lowest BCUT2D eigenvalue weighted by molar-refractivity contribution is -0.136. The van der Waals surface area contributed by atoms with Gasteiger partial charge in [0.2, 0.25) is 5.91 Å². The molecule has 0 aromatic carbocycles. The van der Waals surface area contributed by atoms with Gasteiger partial charge in [-0.3, -0.25) is 9.63 Å². The van der Waals surface area contributed by atoms with Crippen LogP contribution in [0.15, 0.2) is 16.3 Å². The molecule has 0 radical (unpaired) electrons. The summed E-state index contributed by atoms with van der Waals surface area (Å²) in [5.41, 5.74) is 2.27. The zero-order valence-electron chi connectivity index (χ0n) is 11.5. The van der Waals surface area contributed by atoms with Crippen LogP contribution in [-0.4, -0.2) is 38.8 Å². The van der Waals surface area contributed by atoms with E-state index in [4.69, 9.17) is 0 Å². The Kier molecular flexibility index (Phi) is 4.79. The summed E-state index contributed by atoms with van der Waals surface area (Å²) in [4.78, 5) is 17.3. The second kappa shape index (κ2) is 6.21. The first kappa shape index (κ1) is 15.4. The molecule has 8 heteroatoms. The molecule has 112 valence electrons. The van der Waals surface area contributed by atoms with E-state index in [2.05, 4.69) is 10.3 Å². The van der Waals surface area contributed by atoms with Crippen molar-refractivity contribution in [2.75, 3.05) is 20.2 Å². The molecule has 2 heterocycles. The highest BCUT2D eigenvalue weighted by Crippen LogP contribution is 2.28. The first-order valence-corrected chi connectivity index (χ1v) is 8.60. The molecule has 0 spiro atoms. The fourth-order valence-electron chi connectivity index (χ4n) is 2.24. The molecule has 0 bridgehead atoms. The molecule has 6 nitrogen and oxygen atoms in total. The number of nitrogens with one attached hydrogen (secondary N) is 1. The van der Waals surface area contributed by atoms with Gasteiger partial charge in [0, 0.05) is 18.0 Å². The topological polar surface area (TPSA) is 75.7 Å². The Morgan fingerprint density at radius 1 is 1.50 bits per heavy atom. The number of hydrogen-bond acceptors (Lipinski definition) is 5. The molecule has 1 aromatic heterocycles. The van der Waals surface area contributed by atoms with Crippen LogP contribution in [0.25, 0.3) is 0 Å².